The molecule has 4 aliphatic heterocycles. The van der Waals surface area contributed by atoms with E-state index in [-0.39, 0.29) is 23.0 Å². The maximum Gasteiger partial charge on any atom is 0.450 e. The van der Waals surface area contributed by atoms with E-state index in [4.69, 9.17) is 9.72 Å². The molecular weight excluding hydrogens is 720 g/mol. The number of hydrogen-bond donors (Lipinski definition) is 1. The van der Waals surface area contributed by atoms with Gasteiger partial charge in [0.05, 0.1) is 18.8 Å². The standard InChI is InChI=1S/C36H40F3IN4O3/c1-42(2)19-34(7-8-34)20-47-30-12-28(44-16-21-13-35(14-21)15-23(17-44)32(35)33(46)36(37,38)39)25-6-9-43(18-27(25)41-30)29-11-24(45)10-22-4-3-5-26(40)31(22)29/h3-5,10-12,21,23,32,45H,6-9,13-20H2,1-2H3. The lowest BCUT2D eigenvalue weighted by molar-refractivity contribution is -0.208. The third-order valence-electron chi connectivity index (χ3n) is 11.5. The fourth-order valence-electron chi connectivity index (χ4n) is 9.52. The van der Waals surface area contributed by atoms with Gasteiger partial charge in [0, 0.05) is 75.5 Å². The summed E-state index contributed by atoms with van der Waals surface area (Å²) in [6, 6.07) is 11.7. The first kappa shape index (κ1) is 31.5. The molecule has 0 radical (unpaired) electrons. The number of rotatable bonds is 8. The monoisotopic (exact) mass is 760 g/mol. The number of ketones is 1. The number of pyridine rings is 1. The highest BCUT2D eigenvalue weighted by Gasteiger charge is 2.67. The van der Waals surface area contributed by atoms with Gasteiger partial charge in [-0.3, -0.25) is 4.79 Å². The van der Waals surface area contributed by atoms with Crippen LogP contribution >= 0.6 is 22.6 Å². The van der Waals surface area contributed by atoms with Gasteiger partial charge in [-0.15, -0.1) is 0 Å². The van der Waals surface area contributed by atoms with E-state index in [0.717, 1.165) is 62.9 Å². The molecule has 2 unspecified atom stereocenters. The number of nitrogens with zero attached hydrogens (tertiary/aromatic N) is 4. The second-order valence-electron chi connectivity index (χ2n) is 15.3. The van der Waals surface area contributed by atoms with E-state index in [2.05, 4.69) is 57.5 Å². The first-order chi connectivity index (χ1) is 22.3. The van der Waals surface area contributed by atoms with Crippen LogP contribution in [0.1, 0.15) is 43.4 Å². The molecule has 2 atom stereocenters. The zero-order valence-electron chi connectivity index (χ0n) is 26.7. The number of hydrogen-bond acceptors (Lipinski definition) is 7. The van der Waals surface area contributed by atoms with E-state index in [1.165, 1.54) is 0 Å². The summed E-state index contributed by atoms with van der Waals surface area (Å²) in [6.07, 6.45) is 0.166. The van der Waals surface area contributed by atoms with Crippen LogP contribution in [0.25, 0.3) is 10.8 Å². The third-order valence-corrected chi connectivity index (χ3v) is 12.4. The Bertz CT molecular complexity index is 1750. The first-order valence-corrected chi connectivity index (χ1v) is 17.7. The molecule has 2 aromatic carbocycles. The molecule has 1 spiro atoms. The van der Waals surface area contributed by atoms with Crippen LogP contribution in [-0.2, 0) is 17.8 Å². The van der Waals surface area contributed by atoms with Crippen molar-refractivity contribution in [1.29, 1.82) is 0 Å². The number of Topliss-reactive ketones (excluding diaryl/α,β-unsaturated/α-hetero) is 1. The van der Waals surface area contributed by atoms with Gasteiger partial charge in [0.15, 0.2) is 0 Å². The summed E-state index contributed by atoms with van der Waals surface area (Å²) in [5.74, 6) is -1.76. The molecule has 6 fully saturated rings. The Hall–Kier alpha value is -2.80. The number of anilines is 2. The summed E-state index contributed by atoms with van der Waals surface area (Å²) in [7, 11) is 4.15. The number of fused-ring (bicyclic) bond motifs is 2. The van der Waals surface area contributed by atoms with Crippen molar-refractivity contribution in [2.24, 2.45) is 28.6 Å². The highest BCUT2D eigenvalue weighted by Crippen LogP contribution is 2.67. The Morgan fingerprint density at radius 2 is 1.89 bits per heavy atom. The van der Waals surface area contributed by atoms with Crippen molar-refractivity contribution in [3.63, 3.8) is 0 Å². The third kappa shape index (κ3) is 5.53. The molecule has 0 amide bonds. The van der Waals surface area contributed by atoms with Crippen molar-refractivity contribution >= 4 is 50.5 Å². The van der Waals surface area contributed by atoms with Crippen molar-refractivity contribution in [1.82, 2.24) is 9.88 Å². The molecule has 3 saturated heterocycles. The summed E-state index contributed by atoms with van der Waals surface area (Å²) in [5, 5.41) is 12.7. The smallest absolute Gasteiger partial charge is 0.450 e. The molecule has 7 aliphatic rings. The maximum absolute atomic E-state index is 13.7. The van der Waals surface area contributed by atoms with Crippen LogP contribution in [0.15, 0.2) is 36.4 Å². The molecule has 250 valence electrons. The van der Waals surface area contributed by atoms with Gasteiger partial charge in [-0.05, 0) is 110 Å². The molecule has 10 rings (SSSR count). The lowest BCUT2D eigenvalue weighted by atomic mass is 9.40. The number of alkyl halides is 3. The minimum Gasteiger partial charge on any atom is -0.508 e. The van der Waals surface area contributed by atoms with Gasteiger partial charge in [-0.2, -0.15) is 13.2 Å². The SMILES string of the molecule is CN(C)CC1(COc2cc(N3CC4CC5(C4)CC(C3)C5C(=O)C(F)(F)F)c3c(n2)CN(c2cc(O)cc4cccc(I)c24)CC3)CC1. The second-order valence-corrected chi connectivity index (χ2v) is 16.4. The van der Waals surface area contributed by atoms with Crippen LogP contribution < -0.4 is 14.5 Å². The van der Waals surface area contributed by atoms with Crippen molar-refractivity contribution in [2.45, 2.75) is 51.2 Å². The fourth-order valence-corrected chi connectivity index (χ4v) is 10.3. The Kier molecular flexibility index (Phi) is 7.44. The van der Waals surface area contributed by atoms with Gasteiger partial charge in [0.1, 0.15) is 5.75 Å². The highest BCUT2D eigenvalue weighted by atomic mass is 127. The lowest BCUT2D eigenvalue weighted by Crippen LogP contribution is -2.66. The molecule has 1 aromatic heterocycles. The van der Waals surface area contributed by atoms with E-state index in [0.29, 0.717) is 57.8 Å². The number of ether oxygens (including phenoxy) is 1. The van der Waals surface area contributed by atoms with Gasteiger partial charge in [0.2, 0.25) is 11.7 Å². The number of aromatic hydroxyl groups is 1. The molecule has 7 nitrogen and oxygen atoms in total. The van der Waals surface area contributed by atoms with Crippen molar-refractivity contribution < 1.29 is 27.8 Å². The molecule has 3 bridgehead atoms. The van der Waals surface area contributed by atoms with E-state index in [9.17, 15) is 23.1 Å². The van der Waals surface area contributed by atoms with Crippen molar-refractivity contribution in [3.8, 4) is 11.6 Å². The molecule has 1 N–H and O–H groups in total. The summed E-state index contributed by atoms with van der Waals surface area (Å²) in [4.78, 5) is 24.5. The fraction of sp³-hybridized carbons (Fsp3) is 0.556. The number of aromatic nitrogens is 1. The Balaban J connectivity index is 1.15. The number of halogens is 4. The maximum atomic E-state index is 13.7. The predicted molar refractivity (Wildman–Crippen MR) is 183 cm³/mol. The summed E-state index contributed by atoms with van der Waals surface area (Å²) in [6.45, 7) is 3.93. The van der Waals surface area contributed by atoms with Crippen LogP contribution in [0.4, 0.5) is 24.5 Å². The topological polar surface area (TPSA) is 69.1 Å². The number of phenolic OH excluding ortho intramolecular Hbond substituents is 1. The molecular formula is C36H40F3IN4O3. The van der Waals surface area contributed by atoms with E-state index in [1.54, 1.807) is 6.07 Å². The van der Waals surface area contributed by atoms with Gasteiger partial charge >= 0.3 is 6.18 Å². The largest absolute Gasteiger partial charge is 0.508 e. The Morgan fingerprint density at radius 1 is 1.11 bits per heavy atom. The molecule has 47 heavy (non-hydrogen) atoms. The van der Waals surface area contributed by atoms with Gasteiger partial charge < -0.3 is 24.5 Å². The van der Waals surface area contributed by atoms with E-state index >= 15 is 0 Å². The minimum atomic E-state index is -4.80. The molecule has 5 heterocycles. The lowest BCUT2D eigenvalue weighted by Gasteiger charge is -2.66. The minimum absolute atomic E-state index is 0.108. The number of benzene rings is 2. The van der Waals surface area contributed by atoms with E-state index in [1.807, 2.05) is 24.3 Å². The number of carbonyl (C=O) groups excluding carboxylic acids is 1. The van der Waals surface area contributed by atoms with Crippen LogP contribution in [0, 0.1) is 32.2 Å². The average molecular weight is 761 g/mol. The Morgan fingerprint density at radius 3 is 2.62 bits per heavy atom. The summed E-state index contributed by atoms with van der Waals surface area (Å²) < 4.78 is 48.8. The normalized spacial score (nSPS) is 27.4. The second kappa shape index (κ2) is 11.1. The van der Waals surface area contributed by atoms with Crippen LogP contribution in [0.3, 0.4) is 0 Å². The van der Waals surface area contributed by atoms with Crippen LogP contribution in [-0.4, -0.2) is 73.8 Å². The number of carbonyl (C=O) groups is 1. The average Bonchev–Trinajstić information content (AvgIpc) is 3.71. The molecule has 11 heteroatoms. The summed E-state index contributed by atoms with van der Waals surface area (Å²) in [5.41, 5.74) is 3.59. The van der Waals surface area contributed by atoms with Gasteiger partial charge in [0.25, 0.3) is 0 Å². The molecule has 3 saturated carbocycles. The summed E-state index contributed by atoms with van der Waals surface area (Å²) >= 11 is 2.34. The van der Waals surface area contributed by atoms with E-state index < -0.39 is 23.3 Å². The zero-order valence-corrected chi connectivity index (χ0v) is 28.9. The van der Waals surface area contributed by atoms with Gasteiger partial charge in [-0.1, -0.05) is 12.1 Å². The zero-order chi connectivity index (χ0) is 32.9. The van der Waals surface area contributed by atoms with Crippen molar-refractivity contribution in [3.05, 3.63) is 51.2 Å². The van der Waals surface area contributed by atoms with Crippen LogP contribution in [0.5, 0.6) is 11.6 Å². The van der Waals surface area contributed by atoms with Gasteiger partial charge in [-0.25, -0.2) is 4.98 Å². The quantitative estimate of drug-likeness (QED) is 0.253. The molecule has 3 aromatic rings. The Labute approximate surface area is 286 Å². The predicted octanol–water partition coefficient (Wildman–Crippen LogP) is 6.81. The van der Waals surface area contributed by atoms with Crippen molar-refractivity contribution in [2.75, 3.05) is 56.7 Å². The molecule has 3 aliphatic carbocycles. The van der Waals surface area contributed by atoms with Crippen LogP contribution in [0.2, 0.25) is 0 Å². The number of phenols is 1. The first-order valence-electron chi connectivity index (χ1n) is 16.7. The highest BCUT2D eigenvalue weighted by molar-refractivity contribution is 14.1.